The Bertz CT molecular complexity index is 1250. The molecular formula is C23H21N5O4. The number of ether oxygens (including phenoxy) is 1. The molecule has 0 aliphatic carbocycles. The number of fused-ring (bicyclic) bond motifs is 1. The predicted octanol–water partition coefficient (Wildman–Crippen LogP) is 3.21. The van der Waals surface area contributed by atoms with E-state index >= 15 is 0 Å². The van der Waals surface area contributed by atoms with Gasteiger partial charge in [-0.2, -0.15) is 0 Å². The number of para-hydroxylation sites is 2. The van der Waals surface area contributed by atoms with Crippen LogP contribution in [0.1, 0.15) is 11.7 Å². The normalized spacial score (nSPS) is 15.2. The maximum Gasteiger partial charge on any atom is 0.262 e. The van der Waals surface area contributed by atoms with Gasteiger partial charge < -0.3 is 23.9 Å². The summed E-state index contributed by atoms with van der Waals surface area (Å²) >= 11 is 0. The molecule has 2 aromatic carbocycles. The van der Waals surface area contributed by atoms with Crippen molar-refractivity contribution in [3.8, 4) is 28.5 Å². The van der Waals surface area contributed by atoms with E-state index in [0.29, 0.717) is 47.6 Å². The Hall–Kier alpha value is -4.14. The van der Waals surface area contributed by atoms with Crippen molar-refractivity contribution in [3.05, 3.63) is 66.2 Å². The summed E-state index contributed by atoms with van der Waals surface area (Å²) in [6.07, 6.45) is -0.637. The van der Waals surface area contributed by atoms with Gasteiger partial charge in [0.2, 0.25) is 5.89 Å². The summed E-state index contributed by atoms with van der Waals surface area (Å²) in [7, 11) is 1.59. The van der Waals surface area contributed by atoms with Crippen LogP contribution < -0.4 is 15.0 Å². The topological polar surface area (TPSA) is 107 Å². The lowest BCUT2D eigenvalue weighted by atomic mass is 10.1. The monoisotopic (exact) mass is 431 g/mol. The molecule has 0 bridgehead atoms. The van der Waals surface area contributed by atoms with Gasteiger partial charge >= 0.3 is 0 Å². The Morgan fingerprint density at radius 3 is 2.72 bits per heavy atom. The number of likely N-dealkylation sites (N-methyl/N-ethyl adjacent to an activating group) is 1. The van der Waals surface area contributed by atoms with Gasteiger partial charge in [0.1, 0.15) is 22.8 Å². The molecule has 0 radical (unpaired) electrons. The Kier molecular flexibility index (Phi) is 5.06. The third kappa shape index (κ3) is 3.58. The summed E-state index contributed by atoms with van der Waals surface area (Å²) in [6.45, 7) is 2.49. The third-order valence-electron chi connectivity index (χ3n) is 5.32. The van der Waals surface area contributed by atoms with Gasteiger partial charge in [-0.1, -0.05) is 47.6 Å². The Morgan fingerprint density at radius 1 is 1.12 bits per heavy atom. The van der Waals surface area contributed by atoms with E-state index in [9.17, 15) is 4.79 Å². The van der Waals surface area contributed by atoms with Crippen molar-refractivity contribution in [2.45, 2.75) is 19.6 Å². The molecule has 2 aromatic heterocycles. The molecule has 3 heterocycles. The number of aryl methyl sites for hydroxylation is 1. The molecule has 1 aliphatic rings. The van der Waals surface area contributed by atoms with Gasteiger partial charge in [0.25, 0.3) is 11.8 Å². The van der Waals surface area contributed by atoms with Crippen LogP contribution in [0.5, 0.6) is 5.75 Å². The van der Waals surface area contributed by atoms with Gasteiger partial charge in [0.05, 0.1) is 18.8 Å². The van der Waals surface area contributed by atoms with Gasteiger partial charge in [0.15, 0.2) is 6.10 Å². The van der Waals surface area contributed by atoms with Crippen LogP contribution >= 0.6 is 0 Å². The van der Waals surface area contributed by atoms with Gasteiger partial charge in [-0.15, -0.1) is 10.2 Å². The number of aromatic nitrogens is 3. The lowest BCUT2D eigenvalue weighted by Gasteiger charge is -2.34. The lowest BCUT2D eigenvalue weighted by Crippen LogP contribution is -2.48. The Labute approximate surface area is 184 Å². The fourth-order valence-corrected chi connectivity index (χ4v) is 3.75. The zero-order valence-electron chi connectivity index (χ0n) is 17.6. The first-order valence-electron chi connectivity index (χ1n) is 10.2. The maximum atomic E-state index is 12.2. The second kappa shape index (κ2) is 8.18. The van der Waals surface area contributed by atoms with Crippen molar-refractivity contribution in [3.63, 3.8) is 0 Å². The van der Waals surface area contributed by atoms with E-state index in [-0.39, 0.29) is 5.91 Å². The van der Waals surface area contributed by atoms with Crippen molar-refractivity contribution < 1.29 is 18.5 Å². The number of anilines is 1. The highest BCUT2D eigenvalue weighted by Gasteiger charge is 2.31. The number of hydrogen-bond donors (Lipinski definition) is 1. The van der Waals surface area contributed by atoms with Gasteiger partial charge in [-0.3, -0.25) is 4.79 Å². The van der Waals surface area contributed by atoms with Crippen molar-refractivity contribution in [2.24, 2.45) is 0 Å². The number of nitrogens with zero attached hydrogens (tertiary/aromatic N) is 4. The van der Waals surface area contributed by atoms with E-state index in [1.165, 1.54) is 0 Å². The minimum atomic E-state index is -0.637. The van der Waals surface area contributed by atoms with Gasteiger partial charge in [0, 0.05) is 12.6 Å². The van der Waals surface area contributed by atoms with Crippen LogP contribution in [0.25, 0.3) is 22.7 Å². The molecule has 1 atom stereocenters. The minimum absolute atomic E-state index is 0.191. The molecule has 0 spiro atoms. The highest BCUT2D eigenvalue weighted by Crippen LogP contribution is 2.36. The van der Waals surface area contributed by atoms with Crippen LogP contribution in [0.15, 0.2) is 63.5 Å². The predicted molar refractivity (Wildman–Crippen MR) is 116 cm³/mol. The number of carbonyl (C=O) groups excluding carboxylic acids is 1. The molecule has 9 heteroatoms. The molecule has 0 saturated carbocycles. The van der Waals surface area contributed by atoms with Crippen molar-refractivity contribution in [1.82, 2.24) is 20.7 Å². The third-order valence-corrected chi connectivity index (χ3v) is 5.32. The average molecular weight is 431 g/mol. The second-order valence-electron chi connectivity index (χ2n) is 7.40. The summed E-state index contributed by atoms with van der Waals surface area (Å²) in [4.78, 5) is 14.2. The minimum Gasteiger partial charge on any atom is -0.477 e. The van der Waals surface area contributed by atoms with E-state index in [4.69, 9.17) is 13.7 Å². The van der Waals surface area contributed by atoms with Crippen LogP contribution in [-0.4, -0.2) is 41.0 Å². The summed E-state index contributed by atoms with van der Waals surface area (Å²) < 4.78 is 17.3. The number of nitrogens with one attached hydrogen (secondary N) is 1. The molecule has 0 saturated heterocycles. The fraction of sp³-hybridized carbons (Fsp3) is 0.217. The molecule has 4 aromatic rings. The van der Waals surface area contributed by atoms with Crippen molar-refractivity contribution in [1.29, 1.82) is 0 Å². The zero-order valence-corrected chi connectivity index (χ0v) is 17.6. The molecule has 32 heavy (non-hydrogen) atoms. The number of carbonyl (C=O) groups is 1. The molecule has 0 unspecified atom stereocenters. The number of amides is 1. The summed E-state index contributed by atoms with van der Waals surface area (Å²) in [5.41, 5.74) is 3.07. The fourth-order valence-electron chi connectivity index (χ4n) is 3.75. The lowest BCUT2D eigenvalue weighted by molar-refractivity contribution is -0.127. The van der Waals surface area contributed by atoms with Gasteiger partial charge in [-0.05, 0) is 19.1 Å². The average Bonchev–Trinajstić information content (AvgIpc) is 3.45. The molecule has 1 aliphatic heterocycles. The summed E-state index contributed by atoms with van der Waals surface area (Å²) in [5.74, 6) is 1.78. The van der Waals surface area contributed by atoms with Crippen LogP contribution in [0.2, 0.25) is 0 Å². The smallest absolute Gasteiger partial charge is 0.262 e. The first-order valence-corrected chi connectivity index (χ1v) is 10.2. The van der Waals surface area contributed by atoms with Crippen molar-refractivity contribution >= 4 is 11.6 Å². The highest BCUT2D eigenvalue weighted by atomic mass is 16.5. The quantitative estimate of drug-likeness (QED) is 0.513. The first kappa shape index (κ1) is 19.8. The standard InChI is InChI=1S/C23H21N5O4/c1-14-20(21(27-32-14)15-8-4-3-5-9-15)23-26-25-19(31-23)13-28-12-18(22(29)24-2)30-17-11-7-6-10-16(17)28/h3-11,18H,12-13H2,1-2H3,(H,24,29)/t18-/m1/s1. The molecule has 9 nitrogen and oxygen atoms in total. The van der Waals surface area contributed by atoms with Crippen LogP contribution in [0.4, 0.5) is 5.69 Å². The number of benzene rings is 2. The first-order chi connectivity index (χ1) is 15.6. The molecular weight excluding hydrogens is 410 g/mol. The van der Waals surface area contributed by atoms with E-state index in [1.807, 2.05) is 66.4 Å². The molecule has 0 fully saturated rings. The van der Waals surface area contributed by atoms with Crippen LogP contribution in [0, 0.1) is 6.92 Å². The van der Waals surface area contributed by atoms with Crippen LogP contribution in [0.3, 0.4) is 0 Å². The summed E-state index contributed by atoms with van der Waals surface area (Å²) in [5, 5.41) is 15.3. The van der Waals surface area contributed by atoms with E-state index in [0.717, 1.165) is 11.3 Å². The SMILES string of the molecule is CNC(=O)[C@H]1CN(Cc2nnc(-c3c(-c4ccccc4)noc3C)o2)c2ccccc2O1. The van der Waals surface area contributed by atoms with E-state index < -0.39 is 6.10 Å². The molecule has 1 amide bonds. The van der Waals surface area contributed by atoms with Crippen molar-refractivity contribution in [2.75, 3.05) is 18.5 Å². The Morgan fingerprint density at radius 2 is 1.91 bits per heavy atom. The van der Waals surface area contributed by atoms with E-state index in [2.05, 4.69) is 20.7 Å². The Balaban J connectivity index is 1.44. The largest absolute Gasteiger partial charge is 0.477 e. The molecule has 162 valence electrons. The van der Waals surface area contributed by atoms with Crippen LogP contribution in [-0.2, 0) is 11.3 Å². The highest BCUT2D eigenvalue weighted by molar-refractivity contribution is 5.83. The van der Waals surface area contributed by atoms with Gasteiger partial charge in [-0.25, -0.2) is 0 Å². The zero-order chi connectivity index (χ0) is 22.1. The number of rotatable bonds is 5. The number of hydrogen-bond acceptors (Lipinski definition) is 8. The maximum absolute atomic E-state index is 12.2. The van der Waals surface area contributed by atoms with E-state index in [1.54, 1.807) is 7.05 Å². The molecule has 1 N–H and O–H groups in total. The molecule has 5 rings (SSSR count). The second-order valence-corrected chi connectivity index (χ2v) is 7.40. The summed E-state index contributed by atoms with van der Waals surface area (Å²) in [6, 6.07) is 17.3.